The van der Waals surface area contributed by atoms with Gasteiger partial charge in [0.1, 0.15) is 0 Å². The van der Waals surface area contributed by atoms with Crippen LogP contribution in [0.15, 0.2) is 18.2 Å². The quantitative estimate of drug-likeness (QED) is 0.850. The highest BCUT2D eigenvalue weighted by atomic mass is 16.5. The van der Waals surface area contributed by atoms with Gasteiger partial charge < -0.3 is 19.5 Å². The summed E-state index contributed by atoms with van der Waals surface area (Å²) in [5, 5.41) is 9.50. The number of carbonyl (C=O) groups excluding carboxylic acids is 1. The second-order valence-corrected chi connectivity index (χ2v) is 4.47. The molecule has 19 heavy (non-hydrogen) atoms. The zero-order chi connectivity index (χ0) is 14.4. The second kappa shape index (κ2) is 6.99. The minimum atomic E-state index is -0.557. The lowest BCUT2D eigenvalue weighted by atomic mass is 10.1. The molecule has 0 saturated heterocycles. The maximum atomic E-state index is 11.4. The molecule has 0 aromatic heterocycles. The number of aliphatic hydroxyl groups excluding tert-OH is 1. The fraction of sp³-hybridized carbons (Fsp3) is 0.500. The van der Waals surface area contributed by atoms with Crippen LogP contribution in [-0.2, 0) is 4.79 Å². The van der Waals surface area contributed by atoms with Crippen LogP contribution in [0, 0.1) is 0 Å². The van der Waals surface area contributed by atoms with Crippen LogP contribution in [0.1, 0.15) is 25.0 Å². The minimum Gasteiger partial charge on any atom is -0.493 e. The average molecular weight is 267 g/mol. The smallest absolute Gasteiger partial charge is 0.225 e. The molecule has 0 heterocycles. The Kier molecular flexibility index (Phi) is 5.63. The Labute approximate surface area is 113 Å². The number of rotatable bonds is 6. The number of methoxy groups -OCH3 is 1. The molecule has 5 heteroatoms. The highest BCUT2D eigenvalue weighted by molar-refractivity contribution is 5.75. The van der Waals surface area contributed by atoms with Crippen molar-refractivity contribution >= 4 is 5.91 Å². The van der Waals surface area contributed by atoms with Crippen molar-refractivity contribution in [3.63, 3.8) is 0 Å². The minimum absolute atomic E-state index is 0.0135. The maximum absolute atomic E-state index is 11.4. The SMILES string of the molecule is COc1cc([C@H](C)O)ccc1OCCC(=O)N(C)C. The predicted molar refractivity (Wildman–Crippen MR) is 72.4 cm³/mol. The van der Waals surface area contributed by atoms with E-state index in [2.05, 4.69) is 0 Å². The van der Waals surface area contributed by atoms with Gasteiger partial charge in [0.15, 0.2) is 11.5 Å². The molecule has 0 saturated carbocycles. The molecule has 0 aliphatic rings. The maximum Gasteiger partial charge on any atom is 0.225 e. The largest absolute Gasteiger partial charge is 0.493 e. The zero-order valence-electron chi connectivity index (χ0n) is 11.8. The van der Waals surface area contributed by atoms with Crippen molar-refractivity contribution in [3.8, 4) is 11.5 Å². The molecule has 0 unspecified atom stereocenters. The van der Waals surface area contributed by atoms with Crippen molar-refractivity contribution in [1.82, 2.24) is 4.90 Å². The topological polar surface area (TPSA) is 59.0 Å². The predicted octanol–water partition coefficient (Wildman–Crippen LogP) is 1.61. The van der Waals surface area contributed by atoms with Gasteiger partial charge in [0, 0.05) is 14.1 Å². The van der Waals surface area contributed by atoms with Crippen LogP contribution >= 0.6 is 0 Å². The van der Waals surface area contributed by atoms with E-state index in [4.69, 9.17) is 9.47 Å². The summed E-state index contributed by atoms with van der Waals surface area (Å²) in [6, 6.07) is 5.24. The van der Waals surface area contributed by atoms with E-state index >= 15 is 0 Å². The number of hydrogen-bond acceptors (Lipinski definition) is 4. The Morgan fingerprint density at radius 2 is 2.05 bits per heavy atom. The van der Waals surface area contributed by atoms with E-state index in [9.17, 15) is 9.90 Å². The van der Waals surface area contributed by atoms with E-state index in [1.165, 1.54) is 4.90 Å². The summed E-state index contributed by atoms with van der Waals surface area (Å²) in [7, 11) is 4.96. The monoisotopic (exact) mass is 267 g/mol. The van der Waals surface area contributed by atoms with E-state index in [1.54, 1.807) is 46.3 Å². The van der Waals surface area contributed by atoms with Crippen LogP contribution in [0.4, 0.5) is 0 Å². The van der Waals surface area contributed by atoms with Crippen LogP contribution in [-0.4, -0.2) is 43.7 Å². The number of nitrogens with zero attached hydrogens (tertiary/aromatic N) is 1. The average Bonchev–Trinajstić information content (AvgIpc) is 2.38. The van der Waals surface area contributed by atoms with E-state index in [-0.39, 0.29) is 5.91 Å². The van der Waals surface area contributed by atoms with Gasteiger partial charge in [-0.2, -0.15) is 0 Å². The van der Waals surface area contributed by atoms with Crippen molar-refractivity contribution in [2.45, 2.75) is 19.4 Å². The molecule has 5 nitrogen and oxygen atoms in total. The molecule has 0 spiro atoms. The molecule has 1 amide bonds. The number of aliphatic hydroxyl groups is 1. The Morgan fingerprint density at radius 1 is 1.37 bits per heavy atom. The molecule has 1 aromatic carbocycles. The van der Waals surface area contributed by atoms with Crippen molar-refractivity contribution in [1.29, 1.82) is 0 Å². The summed E-state index contributed by atoms with van der Waals surface area (Å²) in [6.07, 6.45) is -0.243. The van der Waals surface area contributed by atoms with Gasteiger partial charge >= 0.3 is 0 Å². The van der Waals surface area contributed by atoms with E-state index in [0.717, 1.165) is 5.56 Å². The lowest BCUT2D eigenvalue weighted by Crippen LogP contribution is -2.23. The Morgan fingerprint density at radius 3 is 2.58 bits per heavy atom. The molecule has 0 aliphatic heterocycles. The van der Waals surface area contributed by atoms with Crippen LogP contribution in [0.3, 0.4) is 0 Å². The molecular weight excluding hydrogens is 246 g/mol. The van der Waals surface area contributed by atoms with Gasteiger partial charge in [-0.15, -0.1) is 0 Å². The molecular formula is C14H21NO4. The normalized spacial score (nSPS) is 11.8. The number of carbonyl (C=O) groups is 1. The summed E-state index contributed by atoms with van der Waals surface area (Å²) in [6.45, 7) is 1.98. The number of amides is 1. The summed E-state index contributed by atoms with van der Waals surface area (Å²) in [4.78, 5) is 12.9. The third-order valence-corrected chi connectivity index (χ3v) is 2.74. The third-order valence-electron chi connectivity index (χ3n) is 2.74. The number of ether oxygens (including phenoxy) is 2. The first-order chi connectivity index (χ1) is 8.95. The molecule has 1 atom stereocenters. The van der Waals surface area contributed by atoms with Crippen molar-refractivity contribution in [3.05, 3.63) is 23.8 Å². The Balaban J connectivity index is 2.65. The van der Waals surface area contributed by atoms with Crippen LogP contribution in [0.25, 0.3) is 0 Å². The summed E-state index contributed by atoms with van der Waals surface area (Å²) in [5.74, 6) is 1.13. The Bertz CT molecular complexity index is 429. The lowest BCUT2D eigenvalue weighted by molar-refractivity contribution is -0.129. The molecule has 1 aromatic rings. The van der Waals surface area contributed by atoms with Gasteiger partial charge in [-0.1, -0.05) is 6.07 Å². The van der Waals surface area contributed by atoms with Crippen LogP contribution in [0.5, 0.6) is 11.5 Å². The second-order valence-electron chi connectivity index (χ2n) is 4.47. The van der Waals surface area contributed by atoms with Crippen molar-refractivity contribution in [2.24, 2.45) is 0 Å². The summed E-state index contributed by atoms with van der Waals surface area (Å²) < 4.78 is 10.7. The number of hydrogen-bond donors (Lipinski definition) is 1. The molecule has 0 aliphatic carbocycles. The first-order valence-corrected chi connectivity index (χ1v) is 6.14. The summed E-state index contributed by atoms with van der Waals surface area (Å²) >= 11 is 0. The number of benzene rings is 1. The van der Waals surface area contributed by atoms with E-state index in [1.807, 2.05) is 0 Å². The van der Waals surface area contributed by atoms with E-state index in [0.29, 0.717) is 24.5 Å². The van der Waals surface area contributed by atoms with Crippen molar-refractivity contribution in [2.75, 3.05) is 27.8 Å². The third kappa shape index (κ3) is 4.44. The summed E-state index contributed by atoms with van der Waals surface area (Å²) in [5.41, 5.74) is 0.758. The first-order valence-electron chi connectivity index (χ1n) is 6.14. The van der Waals surface area contributed by atoms with Gasteiger partial charge in [0.05, 0.1) is 26.2 Å². The highest BCUT2D eigenvalue weighted by Gasteiger charge is 2.10. The van der Waals surface area contributed by atoms with E-state index < -0.39 is 6.10 Å². The van der Waals surface area contributed by atoms with Crippen LogP contribution in [0.2, 0.25) is 0 Å². The fourth-order valence-electron chi connectivity index (χ4n) is 1.54. The van der Waals surface area contributed by atoms with Crippen LogP contribution < -0.4 is 9.47 Å². The molecule has 106 valence electrons. The molecule has 1 rings (SSSR count). The van der Waals surface area contributed by atoms with Gasteiger partial charge in [-0.3, -0.25) is 4.79 Å². The molecule has 0 bridgehead atoms. The van der Waals surface area contributed by atoms with Gasteiger partial charge in [-0.05, 0) is 24.6 Å². The zero-order valence-corrected chi connectivity index (χ0v) is 11.8. The fourth-order valence-corrected chi connectivity index (χ4v) is 1.54. The van der Waals surface area contributed by atoms with Gasteiger partial charge in [-0.25, -0.2) is 0 Å². The molecule has 0 fully saturated rings. The van der Waals surface area contributed by atoms with Gasteiger partial charge in [0.25, 0.3) is 0 Å². The molecule has 0 radical (unpaired) electrons. The highest BCUT2D eigenvalue weighted by Crippen LogP contribution is 2.30. The first kappa shape index (κ1) is 15.3. The van der Waals surface area contributed by atoms with Gasteiger partial charge in [0.2, 0.25) is 5.91 Å². The Hall–Kier alpha value is -1.75. The standard InChI is InChI=1S/C14H21NO4/c1-10(16)11-5-6-12(13(9-11)18-4)19-8-7-14(17)15(2)3/h5-6,9-10,16H,7-8H2,1-4H3/t10-/m0/s1. The molecule has 1 N–H and O–H groups in total. The van der Waals surface area contributed by atoms with Crippen molar-refractivity contribution < 1.29 is 19.4 Å². The lowest BCUT2D eigenvalue weighted by Gasteiger charge is -2.14.